The number of nitrogens with zero attached hydrogens (tertiary/aromatic N) is 1. The number of aromatic nitrogens is 1. The lowest BCUT2D eigenvalue weighted by Crippen LogP contribution is -2.41. The molecule has 3 N–H and O–H groups in total. The second-order valence-electron chi connectivity index (χ2n) is 3.12. The highest BCUT2D eigenvalue weighted by Gasteiger charge is 2.17. The zero-order valence-electron chi connectivity index (χ0n) is 8.36. The van der Waals surface area contributed by atoms with Gasteiger partial charge in [-0.25, -0.2) is 4.98 Å². The molecule has 0 spiro atoms. The Morgan fingerprint density at radius 3 is 2.93 bits per heavy atom. The first-order valence-electron chi connectivity index (χ1n) is 4.60. The Labute approximate surface area is 87.5 Å². The van der Waals surface area contributed by atoms with Gasteiger partial charge in [0, 0.05) is 11.6 Å². The van der Waals surface area contributed by atoms with E-state index >= 15 is 0 Å². The highest BCUT2D eigenvalue weighted by Crippen LogP contribution is 2.15. The van der Waals surface area contributed by atoms with E-state index in [1.165, 1.54) is 0 Å². The second-order valence-corrected chi connectivity index (χ2v) is 4.05. The van der Waals surface area contributed by atoms with Crippen LogP contribution in [0.4, 0.5) is 0 Å². The molecule has 0 aromatic carbocycles. The van der Waals surface area contributed by atoms with Crippen LogP contribution in [0, 0.1) is 0 Å². The van der Waals surface area contributed by atoms with Gasteiger partial charge in [0.1, 0.15) is 5.01 Å². The third-order valence-corrected chi connectivity index (χ3v) is 2.98. The summed E-state index contributed by atoms with van der Waals surface area (Å²) < 4.78 is 0. The molecule has 1 amide bonds. The van der Waals surface area contributed by atoms with Gasteiger partial charge in [0.25, 0.3) is 0 Å². The first kappa shape index (κ1) is 11.1. The zero-order valence-corrected chi connectivity index (χ0v) is 9.17. The molecular formula is C9H15N3OS. The largest absolute Gasteiger partial charge is 0.368 e. The summed E-state index contributed by atoms with van der Waals surface area (Å²) in [6, 6.07) is -0.193. The van der Waals surface area contributed by atoms with Crippen LogP contribution in [0.2, 0.25) is 0 Å². The molecule has 4 nitrogen and oxygen atoms in total. The van der Waals surface area contributed by atoms with Crippen LogP contribution in [0.25, 0.3) is 0 Å². The summed E-state index contributed by atoms with van der Waals surface area (Å²) >= 11 is 1.57. The van der Waals surface area contributed by atoms with Crippen LogP contribution >= 0.6 is 11.3 Å². The van der Waals surface area contributed by atoms with Gasteiger partial charge in [0.05, 0.1) is 12.1 Å². The lowest BCUT2D eigenvalue weighted by molar-refractivity contribution is -0.120. The molecule has 0 saturated heterocycles. The summed E-state index contributed by atoms with van der Waals surface area (Å²) in [5.41, 5.74) is 5.23. The number of nitrogens with two attached hydrogens (primary N) is 1. The fraction of sp³-hybridized carbons (Fsp3) is 0.556. The van der Waals surface area contributed by atoms with E-state index in [2.05, 4.69) is 10.3 Å². The molecule has 5 heteroatoms. The molecule has 1 rings (SSSR count). The van der Waals surface area contributed by atoms with Crippen LogP contribution in [0.15, 0.2) is 11.6 Å². The van der Waals surface area contributed by atoms with Crippen LogP contribution < -0.4 is 11.1 Å². The molecule has 1 aromatic rings. The van der Waals surface area contributed by atoms with E-state index in [1.807, 2.05) is 19.2 Å². The van der Waals surface area contributed by atoms with Crippen molar-refractivity contribution in [1.82, 2.24) is 10.3 Å². The van der Waals surface area contributed by atoms with Gasteiger partial charge in [0.2, 0.25) is 5.91 Å². The van der Waals surface area contributed by atoms with Gasteiger partial charge in [0.15, 0.2) is 0 Å². The third-order valence-electron chi connectivity index (χ3n) is 2.02. The molecule has 14 heavy (non-hydrogen) atoms. The minimum Gasteiger partial charge on any atom is -0.368 e. The Kier molecular flexibility index (Phi) is 4.03. The quantitative estimate of drug-likeness (QED) is 0.768. The highest BCUT2D eigenvalue weighted by atomic mass is 32.1. The summed E-state index contributed by atoms with van der Waals surface area (Å²) in [5, 5.41) is 6.03. The zero-order chi connectivity index (χ0) is 10.6. The fourth-order valence-corrected chi connectivity index (χ4v) is 1.88. The number of amides is 1. The molecule has 0 aliphatic heterocycles. The number of primary amides is 1. The number of carbonyl (C=O) groups is 1. The van der Waals surface area contributed by atoms with E-state index in [9.17, 15) is 4.79 Å². The molecule has 0 fully saturated rings. The predicted octanol–water partition coefficient (Wildman–Crippen LogP) is 1.06. The van der Waals surface area contributed by atoms with Gasteiger partial charge in [-0.2, -0.15) is 0 Å². The topological polar surface area (TPSA) is 68.0 Å². The Morgan fingerprint density at radius 2 is 2.50 bits per heavy atom. The molecule has 2 unspecified atom stereocenters. The van der Waals surface area contributed by atoms with Gasteiger partial charge in [-0.1, -0.05) is 6.92 Å². The average Bonchev–Trinajstić information content (AvgIpc) is 2.65. The van der Waals surface area contributed by atoms with Crippen molar-refractivity contribution < 1.29 is 4.79 Å². The maximum absolute atomic E-state index is 11.0. The minimum atomic E-state index is -0.309. The highest BCUT2D eigenvalue weighted by molar-refractivity contribution is 7.09. The first-order valence-corrected chi connectivity index (χ1v) is 5.47. The van der Waals surface area contributed by atoms with Crippen molar-refractivity contribution in [2.75, 3.05) is 0 Å². The summed E-state index contributed by atoms with van der Waals surface area (Å²) in [6.07, 6.45) is 2.45. The first-order chi connectivity index (χ1) is 6.65. The van der Waals surface area contributed by atoms with Gasteiger partial charge in [-0.05, 0) is 13.3 Å². The average molecular weight is 213 g/mol. The fourth-order valence-electron chi connectivity index (χ4n) is 1.22. The summed E-state index contributed by atoms with van der Waals surface area (Å²) in [5.74, 6) is -0.309. The number of carbonyl (C=O) groups excluding carboxylic acids is 1. The summed E-state index contributed by atoms with van der Waals surface area (Å²) in [4.78, 5) is 15.1. The lowest BCUT2D eigenvalue weighted by Gasteiger charge is -2.17. The van der Waals surface area contributed by atoms with E-state index in [0.29, 0.717) is 6.42 Å². The van der Waals surface area contributed by atoms with Crippen LogP contribution in [-0.2, 0) is 4.79 Å². The van der Waals surface area contributed by atoms with Crippen molar-refractivity contribution in [2.45, 2.75) is 32.4 Å². The Balaban J connectivity index is 2.55. The SMILES string of the molecule is CCC(NC(C)c1nccs1)C(N)=O. The number of thiazole rings is 1. The molecule has 1 aromatic heterocycles. The Morgan fingerprint density at radius 1 is 1.79 bits per heavy atom. The van der Waals surface area contributed by atoms with Crippen molar-refractivity contribution in [3.05, 3.63) is 16.6 Å². The second kappa shape index (κ2) is 5.07. The van der Waals surface area contributed by atoms with E-state index in [1.54, 1.807) is 17.5 Å². The summed E-state index contributed by atoms with van der Waals surface area (Å²) in [6.45, 7) is 3.90. The number of hydrogen-bond acceptors (Lipinski definition) is 4. The predicted molar refractivity (Wildman–Crippen MR) is 56.9 cm³/mol. The monoisotopic (exact) mass is 213 g/mol. The van der Waals surface area contributed by atoms with Crippen molar-refractivity contribution in [2.24, 2.45) is 5.73 Å². The molecule has 78 valence electrons. The maximum Gasteiger partial charge on any atom is 0.234 e. The minimum absolute atomic E-state index is 0.0763. The van der Waals surface area contributed by atoms with Crippen molar-refractivity contribution >= 4 is 17.2 Å². The van der Waals surface area contributed by atoms with Crippen molar-refractivity contribution in [1.29, 1.82) is 0 Å². The Hall–Kier alpha value is -0.940. The van der Waals surface area contributed by atoms with Crippen molar-refractivity contribution in [3.63, 3.8) is 0 Å². The normalized spacial score (nSPS) is 15.0. The molecule has 2 atom stereocenters. The lowest BCUT2D eigenvalue weighted by atomic mass is 10.2. The van der Waals surface area contributed by atoms with Crippen molar-refractivity contribution in [3.8, 4) is 0 Å². The van der Waals surface area contributed by atoms with E-state index in [-0.39, 0.29) is 18.0 Å². The van der Waals surface area contributed by atoms with Gasteiger partial charge >= 0.3 is 0 Å². The van der Waals surface area contributed by atoms with Crippen LogP contribution in [0.5, 0.6) is 0 Å². The maximum atomic E-state index is 11.0. The van der Waals surface area contributed by atoms with Crippen LogP contribution in [-0.4, -0.2) is 16.9 Å². The number of hydrogen-bond donors (Lipinski definition) is 2. The molecule has 0 radical (unpaired) electrons. The number of rotatable bonds is 5. The Bertz CT molecular complexity index is 286. The third kappa shape index (κ3) is 2.78. The van der Waals surface area contributed by atoms with Gasteiger partial charge < -0.3 is 5.73 Å². The van der Waals surface area contributed by atoms with E-state index in [4.69, 9.17) is 5.73 Å². The molecule has 0 bridgehead atoms. The smallest absolute Gasteiger partial charge is 0.234 e. The molecule has 0 saturated carbocycles. The molecule has 0 aliphatic rings. The van der Waals surface area contributed by atoms with Crippen LogP contribution in [0.3, 0.4) is 0 Å². The van der Waals surface area contributed by atoms with Gasteiger partial charge in [-0.15, -0.1) is 11.3 Å². The molecule has 1 heterocycles. The standard InChI is InChI=1S/C9H15N3OS/c1-3-7(8(10)13)12-6(2)9-11-4-5-14-9/h4-7,12H,3H2,1-2H3,(H2,10,13). The van der Waals surface area contributed by atoms with E-state index < -0.39 is 0 Å². The van der Waals surface area contributed by atoms with Crippen LogP contribution in [0.1, 0.15) is 31.3 Å². The summed E-state index contributed by atoms with van der Waals surface area (Å²) in [7, 11) is 0. The van der Waals surface area contributed by atoms with E-state index in [0.717, 1.165) is 5.01 Å². The number of nitrogens with one attached hydrogen (secondary N) is 1. The molecule has 0 aliphatic carbocycles. The van der Waals surface area contributed by atoms with Gasteiger partial charge in [-0.3, -0.25) is 10.1 Å². The molecular weight excluding hydrogens is 198 g/mol.